The number of nitrogen functional groups attached to an aromatic ring is 1. The molecule has 84 valence electrons. The zero-order valence-electron chi connectivity index (χ0n) is 9.57. The lowest BCUT2D eigenvalue weighted by Gasteiger charge is -2.34. The van der Waals surface area contributed by atoms with Crippen molar-refractivity contribution in [3.05, 3.63) is 11.8 Å². The van der Waals surface area contributed by atoms with Crippen LogP contribution in [0.5, 0.6) is 0 Å². The molecule has 0 unspecified atom stereocenters. The minimum Gasteiger partial charge on any atom is -0.393 e. The molecule has 4 heteroatoms. The molecule has 0 spiro atoms. The maximum atomic E-state index is 9.31. The molecule has 2 rings (SSSR count). The zero-order valence-corrected chi connectivity index (χ0v) is 9.57. The van der Waals surface area contributed by atoms with Crippen LogP contribution in [0.4, 0.5) is 5.82 Å². The van der Waals surface area contributed by atoms with Crippen LogP contribution < -0.4 is 5.73 Å². The first-order chi connectivity index (χ1) is 6.88. The molecule has 0 radical (unpaired) electrons. The summed E-state index contributed by atoms with van der Waals surface area (Å²) in [5.74, 6) is 0.571. The fourth-order valence-electron chi connectivity index (χ4n) is 2.01. The third-order valence-electron chi connectivity index (χ3n) is 2.96. The number of aliphatic hydroxyl groups excluding tert-OH is 1. The molecule has 1 aromatic rings. The van der Waals surface area contributed by atoms with Gasteiger partial charge >= 0.3 is 0 Å². The lowest BCUT2D eigenvalue weighted by Crippen LogP contribution is -2.34. The van der Waals surface area contributed by atoms with E-state index in [1.54, 1.807) is 0 Å². The van der Waals surface area contributed by atoms with Crippen molar-refractivity contribution in [2.75, 3.05) is 5.73 Å². The number of rotatable bonds is 1. The topological polar surface area (TPSA) is 64.1 Å². The summed E-state index contributed by atoms with van der Waals surface area (Å²) < 4.78 is 1.99. The molecule has 1 saturated carbocycles. The van der Waals surface area contributed by atoms with Crippen molar-refractivity contribution in [2.45, 2.75) is 51.2 Å². The van der Waals surface area contributed by atoms with E-state index in [2.05, 4.69) is 25.9 Å². The van der Waals surface area contributed by atoms with E-state index in [0.717, 1.165) is 18.5 Å². The van der Waals surface area contributed by atoms with E-state index in [9.17, 15) is 5.11 Å². The Hall–Kier alpha value is -1.03. The van der Waals surface area contributed by atoms with Gasteiger partial charge in [0.2, 0.25) is 0 Å². The molecule has 15 heavy (non-hydrogen) atoms. The summed E-state index contributed by atoms with van der Waals surface area (Å²) in [4.78, 5) is 0. The molecule has 0 saturated heterocycles. The molecule has 1 fully saturated rings. The molecule has 0 aliphatic heterocycles. The minimum atomic E-state index is -0.159. The second-order valence-electron chi connectivity index (χ2n) is 5.43. The molecule has 0 aromatic carbocycles. The predicted octanol–water partition coefficient (Wildman–Crippen LogP) is 1.46. The number of nitrogens with two attached hydrogens (primary N) is 1. The second-order valence-corrected chi connectivity index (χ2v) is 5.43. The van der Waals surface area contributed by atoms with Gasteiger partial charge < -0.3 is 10.8 Å². The van der Waals surface area contributed by atoms with Gasteiger partial charge in [0.05, 0.1) is 12.1 Å². The van der Waals surface area contributed by atoms with E-state index in [1.165, 1.54) is 0 Å². The Morgan fingerprint density at radius 1 is 1.47 bits per heavy atom. The van der Waals surface area contributed by atoms with Crippen molar-refractivity contribution in [3.63, 3.8) is 0 Å². The number of aromatic nitrogens is 2. The Balaban J connectivity index is 2.30. The monoisotopic (exact) mass is 209 g/mol. The Morgan fingerprint density at radius 2 is 2.07 bits per heavy atom. The maximum Gasteiger partial charge on any atom is 0.145 e. The number of hydrogen-bond acceptors (Lipinski definition) is 3. The molecule has 3 N–H and O–H groups in total. The van der Waals surface area contributed by atoms with E-state index in [-0.39, 0.29) is 11.5 Å². The molecule has 0 bridgehead atoms. The maximum absolute atomic E-state index is 9.31. The highest BCUT2D eigenvalue weighted by atomic mass is 16.3. The van der Waals surface area contributed by atoms with Crippen LogP contribution >= 0.6 is 0 Å². The van der Waals surface area contributed by atoms with E-state index < -0.39 is 0 Å². The van der Waals surface area contributed by atoms with Crippen molar-refractivity contribution in [2.24, 2.45) is 0 Å². The third kappa shape index (κ3) is 1.86. The molecule has 1 aliphatic rings. The van der Waals surface area contributed by atoms with Crippen LogP contribution in [-0.4, -0.2) is 21.0 Å². The van der Waals surface area contributed by atoms with Gasteiger partial charge in [0.1, 0.15) is 5.82 Å². The fourth-order valence-corrected chi connectivity index (χ4v) is 2.01. The molecule has 4 nitrogen and oxygen atoms in total. The highest BCUT2D eigenvalue weighted by molar-refractivity contribution is 5.33. The Labute approximate surface area is 90.1 Å². The molecule has 1 aliphatic carbocycles. The number of nitrogens with zero attached hydrogens (tertiary/aromatic N) is 2. The van der Waals surface area contributed by atoms with E-state index in [1.807, 2.05) is 10.7 Å². The normalized spacial score (nSPS) is 26.4. The first-order valence-corrected chi connectivity index (χ1v) is 5.41. The van der Waals surface area contributed by atoms with E-state index >= 15 is 0 Å². The Kier molecular flexibility index (Phi) is 2.26. The molecular weight excluding hydrogens is 190 g/mol. The summed E-state index contributed by atoms with van der Waals surface area (Å²) >= 11 is 0. The van der Waals surface area contributed by atoms with Crippen molar-refractivity contribution < 1.29 is 5.11 Å². The van der Waals surface area contributed by atoms with Crippen molar-refractivity contribution >= 4 is 5.82 Å². The lowest BCUT2D eigenvalue weighted by atomic mass is 9.87. The van der Waals surface area contributed by atoms with Gasteiger partial charge in [-0.25, -0.2) is 0 Å². The van der Waals surface area contributed by atoms with Gasteiger partial charge in [-0.2, -0.15) is 5.10 Å². The lowest BCUT2D eigenvalue weighted by molar-refractivity contribution is 0.0411. The zero-order chi connectivity index (χ0) is 11.2. The largest absolute Gasteiger partial charge is 0.393 e. The van der Waals surface area contributed by atoms with Gasteiger partial charge in [0.15, 0.2) is 0 Å². The first kappa shape index (κ1) is 10.5. The van der Waals surface area contributed by atoms with Crippen LogP contribution in [0.2, 0.25) is 0 Å². The average Bonchev–Trinajstić information content (AvgIpc) is 2.40. The predicted molar refractivity (Wildman–Crippen MR) is 59.6 cm³/mol. The summed E-state index contributed by atoms with van der Waals surface area (Å²) in [5.41, 5.74) is 6.93. The van der Waals surface area contributed by atoms with E-state index in [4.69, 9.17) is 5.73 Å². The van der Waals surface area contributed by atoms with Crippen LogP contribution in [-0.2, 0) is 5.41 Å². The summed E-state index contributed by atoms with van der Waals surface area (Å²) in [5, 5.41) is 13.6. The van der Waals surface area contributed by atoms with Gasteiger partial charge in [-0.3, -0.25) is 4.68 Å². The third-order valence-corrected chi connectivity index (χ3v) is 2.96. The number of anilines is 1. The summed E-state index contributed by atoms with van der Waals surface area (Å²) in [6, 6.07) is 2.26. The summed E-state index contributed by atoms with van der Waals surface area (Å²) in [6.45, 7) is 6.44. The van der Waals surface area contributed by atoms with Gasteiger partial charge in [0, 0.05) is 17.2 Å². The fraction of sp³-hybridized carbons (Fsp3) is 0.727. The average molecular weight is 209 g/mol. The highest BCUT2D eigenvalue weighted by Gasteiger charge is 2.33. The van der Waals surface area contributed by atoms with Crippen LogP contribution in [0, 0.1) is 0 Å². The van der Waals surface area contributed by atoms with Crippen LogP contribution in [0.1, 0.15) is 45.3 Å². The highest BCUT2D eigenvalue weighted by Crippen LogP contribution is 2.36. The summed E-state index contributed by atoms with van der Waals surface area (Å²) in [6.07, 6.45) is 1.43. The quantitative estimate of drug-likeness (QED) is 0.736. The van der Waals surface area contributed by atoms with Crippen LogP contribution in [0.15, 0.2) is 6.07 Å². The molecular formula is C11H19N3O. The van der Waals surface area contributed by atoms with Crippen molar-refractivity contribution in [1.29, 1.82) is 0 Å². The van der Waals surface area contributed by atoms with Crippen LogP contribution in [0.25, 0.3) is 0 Å². The van der Waals surface area contributed by atoms with Gasteiger partial charge in [-0.05, 0) is 12.8 Å². The number of hydrogen-bond donors (Lipinski definition) is 2. The van der Waals surface area contributed by atoms with Crippen molar-refractivity contribution in [1.82, 2.24) is 9.78 Å². The summed E-state index contributed by atoms with van der Waals surface area (Å²) in [7, 11) is 0. The second kappa shape index (κ2) is 3.23. The molecule has 1 aromatic heterocycles. The van der Waals surface area contributed by atoms with Gasteiger partial charge in [-0.1, -0.05) is 20.8 Å². The Bertz CT molecular complexity index is 358. The molecule has 0 atom stereocenters. The standard InChI is InChI=1S/C11H19N3O/c1-11(2,3)9-6-10(12)13-14(9)7-4-8(15)5-7/h6-8,15H,4-5H2,1-3H3,(H2,12,13)/t7-,8+. The van der Waals surface area contributed by atoms with Crippen LogP contribution in [0.3, 0.4) is 0 Å². The smallest absolute Gasteiger partial charge is 0.145 e. The molecule has 0 amide bonds. The van der Waals surface area contributed by atoms with Gasteiger partial charge in [0.25, 0.3) is 0 Å². The van der Waals surface area contributed by atoms with E-state index in [0.29, 0.717) is 11.9 Å². The van der Waals surface area contributed by atoms with Crippen molar-refractivity contribution in [3.8, 4) is 0 Å². The Morgan fingerprint density at radius 3 is 2.53 bits per heavy atom. The van der Waals surface area contributed by atoms with Gasteiger partial charge in [-0.15, -0.1) is 0 Å². The number of aliphatic hydroxyl groups is 1. The SMILES string of the molecule is CC(C)(C)c1cc(N)nn1[C@H]1C[C@@H](O)C1. The molecule has 1 heterocycles. The first-order valence-electron chi connectivity index (χ1n) is 5.41. The minimum absolute atomic E-state index is 0.0468.